The number of rotatable bonds is 6. The Kier molecular flexibility index (Phi) is 6.25. The Morgan fingerprint density at radius 2 is 1.66 bits per heavy atom. The van der Waals surface area contributed by atoms with Crippen LogP contribution in [0.25, 0.3) is 0 Å². The van der Waals surface area contributed by atoms with E-state index in [-0.39, 0.29) is 17.2 Å². The van der Waals surface area contributed by atoms with Crippen LogP contribution in [-0.2, 0) is 21.2 Å². The zero-order valence-electron chi connectivity index (χ0n) is 16.1. The summed E-state index contributed by atoms with van der Waals surface area (Å²) in [4.78, 5) is 12.6. The van der Waals surface area contributed by atoms with Gasteiger partial charge in [0.1, 0.15) is 0 Å². The summed E-state index contributed by atoms with van der Waals surface area (Å²) in [5.74, 6) is -0.173. The molecule has 0 spiro atoms. The van der Waals surface area contributed by atoms with Gasteiger partial charge in [-0.3, -0.25) is 9.10 Å². The number of aryl methyl sites for hydroxylation is 1. The number of hydrogen-bond acceptors (Lipinski definition) is 3. The van der Waals surface area contributed by atoms with Crippen molar-refractivity contribution in [3.8, 4) is 0 Å². The number of nitrogens with one attached hydrogen (secondary N) is 1. The average molecular weight is 429 g/mol. The summed E-state index contributed by atoms with van der Waals surface area (Å²) in [5.41, 5.74) is 2.89. The number of sulfonamides is 1. The van der Waals surface area contributed by atoms with Crippen molar-refractivity contribution >= 4 is 38.9 Å². The third-order valence-electron chi connectivity index (χ3n) is 4.54. The fourth-order valence-electron chi connectivity index (χ4n) is 2.82. The molecule has 5 nitrogen and oxygen atoms in total. The molecule has 0 saturated carbocycles. The van der Waals surface area contributed by atoms with Crippen molar-refractivity contribution in [1.82, 2.24) is 0 Å². The number of nitrogens with zero attached hydrogens (tertiary/aromatic N) is 1. The van der Waals surface area contributed by atoms with Crippen LogP contribution in [0.5, 0.6) is 0 Å². The van der Waals surface area contributed by atoms with Crippen molar-refractivity contribution in [2.75, 3.05) is 16.7 Å². The third-order valence-corrected chi connectivity index (χ3v) is 6.57. The highest BCUT2D eigenvalue weighted by Gasteiger charge is 2.20. The Hall–Kier alpha value is -2.83. The van der Waals surface area contributed by atoms with Crippen LogP contribution in [0.1, 0.15) is 11.1 Å². The summed E-state index contributed by atoms with van der Waals surface area (Å²) < 4.78 is 26.6. The Balaban J connectivity index is 1.70. The van der Waals surface area contributed by atoms with Crippen molar-refractivity contribution < 1.29 is 13.2 Å². The average Bonchev–Trinajstić information content (AvgIpc) is 2.71. The molecule has 0 aliphatic carbocycles. The van der Waals surface area contributed by atoms with E-state index in [2.05, 4.69) is 5.32 Å². The van der Waals surface area contributed by atoms with Crippen LogP contribution in [-0.4, -0.2) is 21.4 Å². The highest BCUT2D eigenvalue weighted by Crippen LogP contribution is 2.23. The van der Waals surface area contributed by atoms with Crippen LogP contribution < -0.4 is 9.62 Å². The van der Waals surface area contributed by atoms with Crippen LogP contribution in [0.3, 0.4) is 0 Å². The lowest BCUT2D eigenvalue weighted by Crippen LogP contribution is -2.26. The Morgan fingerprint density at radius 1 is 1.00 bits per heavy atom. The van der Waals surface area contributed by atoms with Gasteiger partial charge < -0.3 is 5.32 Å². The number of benzene rings is 3. The second-order valence-corrected chi connectivity index (χ2v) is 9.04. The number of amides is 1. The summed E-state index contributed by atoms with van der Waals surface area (Å²) in [6.45, 7) is 1.89. The topological polar surface area (TPSA) is 66.5 Å². The monoisotopic (exact) mass is 428 g/mol. The van der Waals surface area contributed by atoms with Gasteiger partial charge in [-0.1, -0.05) is 48.0 Å². The molecular formula is C22H21ClN2O3S. The zero-order valence-corrected chi connectivity index (χ0v) is 17.7. The lowest BCUT2D eigenvalue weighted by Gasteiger charge is -2.19. The maximum atomic E-state index is 12.7. The Morgan fingerprint density at radius 3 is 2.31 bits per heavy atom. The minimum Gasteiger partial charge on any atom is -0.326 e. The van der Waals surface area contributed by atoms with Gasteiger partial charge in [0.15, 0.2) is 0 Å². The predicted octanol–water partition coefficient (Wildman–Crippen LogP) is 4.65. The summed E-state index contributed by atoms with van der Waals surface area (Å²) >= 11 is 5.98. The van der Waals surface area contributed by atoms with E-state index in [1.165, 1.54) is 11.4 Å². The van der Waals surface area contributed by atoms with Crippen molar-refractivity contribution in [3.05, 3.63) is 88.9 Å². The third kappa shape index (κ3) is 4.96. The summed E-state index contributed by atoms with van der Waals surface area (Å²) in [6.07, 6.45) is 0.168. The summed E-state index contributed by atoms with van der Waals surface area (Å²) in [6, 6.07) is 20.4. The quantitative estimate of drug-likeness (QED) is 0.621. The van der Waals surface area contributed by atoms with E-state index in [4.69, 9.17) is 11.6 Å². The highest BCUT2D eigenvalue weighted by atomic mass is 35.5. The first-order valence-electron chi connectivity index (χ1n) is 8.96. The Labute approximate surface area is 176 Å². The molecule has 0 bridgehead atoms. The van der Waals surface area contributed by atoms with E-state index < -0.39 is 10.0 Å². The zero-order chi connectivity index (χ0) is 21.0. The molecule has 0 aliphatic rings. The van der Waals surface area contributed by atoms with E-state index in [9.17, 15) is 13.2 Å². The molecule has 0 fully saturated rings. The second kappa shape index (κ2) is 8.68. The van der Waals surface area contributed by atoms with Gasteiger partial charge >= 0.3 is 0 Å². The normalized spacial score (nSPS) is 11.1. The van der Waals surface area contributed by atoms with Gasteiger partial charge in [-0.15, -0.1) is 0 Å². The first kappa shape index (κ1) is 20.9. The van der Waals surface area contributed by atoms with Crippen LogP contribution in [0.15, 0.2) is 77.7 Å². The van der Waals surface area contributed by atoms with Gasteiger partial charge in [-0.2, -0.15) is 0 Å². The molecule has 3 aromatic rings. The van der Waals surface area contributed by atoms with E-state index in [0.717, 1.165) is 11.1 Å². The SMILES string of the molecule is Cc1ccc(Cl)cc1NC(=O)Cc1ccc(N(C)S(=O)(=O)c2ccccc2)cc1. The second-order valence-electron chi connectivity index (χ2n) is 6.64. The van der Waals surface area contributed by atoms with Gasteiger partial charge in [0, 0.05) is 17.8 Å². The molecule has 0 radical (unpaired) electrons. The van der Waals surface area contributed by atoms with Gasteiger partial charge in [0.25, 0.3) is 10.0 Å². The number of hydrogen-bond donors (Lipinski definition) is 1. The molecule has 0 aromatic heterocycles. The van der Waals surface area contributed by atoms with Gasteiger partial charge in [-0.05, 0) is 54.4 Å². The molecule has 7 heteroatoms. The van der Waals surface area contributed by atoms with Crippen LogP contribution in [0.4, 0.5) is 11.4 Å². The molecule has 0 atom stereocenters. The van der Waals surface area contributed by atoms with Crippen molar-refractivity contribution in [2.45, 2.75) is 18.2 Å². The Bertz CT molecular complexity index is 1110. The molecule has 29 heavy (non-hydrogen) atoms. The largest absolute Gasteiger partial charge is 0.326 e. The van der Waals surface area contributed by atoms with Crippen LogP contribution in [0.2, 0.25) is 5.02 Å². The lowest BCUT2D eigenvalue weighted by molar-refractivity contribution is -0.115. The molecule has 3 aromatic carbocycles. The number of halogens is 1. The van der Waals surface area contributed by atoms with E-state index in [1.54, 1.807) is 66.7 Å². The number of anilines is 2. The van der Waals surface area contributed by atoms with Crippen molar-refractivity contribution in [3.63, 3.8) is 0 Å². The maximum absolute atomic E-state index is 12.7. The van der Waals surface area contributed by atoms with E-state index in [1.807, 2.05) is 13.0 Å². The van der Waals surface area contributed by atoms with E-state index in [0.29, 0.717) is 16.4 Å². The minimum atomic E-state index is -3.64. The molecule has 0 saturated heterocycles. The molecule has 1 N–H and O–H groups in total. The first-order chi connectivity index (χ1) is 13.8. The molecule has 0 unspecified atom stereocenters. The van der Waals surface area contributed by atoms with Gasteiger partial charge in [0.2, 0.25) is 5.91 Å². The van der Waals surface area contributed by atoms with Gasteiger partial charge in [0.05, 0.1) is 17.0 Å². The van der Waals surface area contributed by atoms with Crippen LogP contribution in [0, 0.1) is 6.92 Å². The maximum Gasteiger partial charge on any atom is 0.264 e. The van der Waals surface area contributed by atoms with Crippen molar-refractivity contribution in [2.24, 2.45) is 0 Å². The first-order valence-corrected chi connectivity index (χ1v) is 10.8. The van der Waals surface area contributed by atoms with E-state index >= 15 is 0 Å². The van der Waals surface area contributed by atoms with Gasteiger partial charge in [-0.25, -0.2) is 8.42 Å². The predicted molar refractivity (Wildman–Crippen MR) is 117 cm³/mol. The standard InChI is InChI=1S/C22H21ClN2O3S/c1-16-8-11-18(23)15-21(16)24-22(26)14-17-9-12-19(13-10-17)25(2)29(27,28)20-6-4-3-5-7-20/h3-13,15H,14H2,1-2H3,(H,24,26). The number of carbonyl (C=O) groups excluding carboxylic acids is 1. The molecule has 150 valence electrons. The minimum absolute atomic E-state index is 0.168. The lowest BCUT2D eigenvalue weighted by atomic mass is 10.1. The summed E-state index contributed by atoms with van der Waals surface area (Å²) in [7, 11) is -2.13. The highest BCUT2D eigenvalue weighted by molar-refractivity contribution is 7.92. The number of carbonyl (C=O) groups is 1. The molecule has 1 amide bonds. The fraction of sp³-hybridized carbons (Fsp3) is 0.136. The molecular weight excluding hydrogens is 408 g/mol. The van der Waals surface area contributed by atoms with Crippen LogP contribution >= 0.6 is 11.6 Å². The van der Waals surface area contributed by atoms with Crippen molar-refractivity contribution in [1.29, 1.82) is 0 Å². The molecule has 3 rings (SSSR count). The molecule has 0 aliphatic heterocycles. The fourth-order valence-corrected chi connectivity index (χ4v) is 4.21. The summed E-state index contributed by atoms with van der Waals surface area (Å²) in [5, 5.41) is 3.41. The smallest absolute Gasteiger partial charge is 0.264 e. The molecule has 0 heterocycles.